The SMILES string of the molecule is CC(C)N(CCO)Cc1nc(CCl)cs1. The average molecular weight is 249 g/mol. The summed E-state index contributed by atoms with van der Waals surface area (Å²) in [5.74, 6) is 0.470. The normalized spacial score (nSPS) is 11.6. The van der Waals surface area contributed by atoms with E-state index in [0.717, 1.165) is 17.2 Å². The van der Waals surface area contributed by atoms with Gasteiger partial charge in [0.05, 0.1) is 24.7 Å². The Morgan fingerprint density at radius 2 is 2.33 bits per heavy atom. The number of nitrogens with zero attached hydrogens (tertiary/aromatic N) is 2. The summed E-state index contributed by atoms with van der Waals surface area (Å²) >= 11 is 7.32. The summed E-state index contributed by atoms with van der Waals surface area (Å²) in [6.07, 6.45) is 0. The molecule has 0 bridgehead atoms. The van der Waals surface area contributed by atoms with Gasteiger partial charge in [0.1, 0.15) is 5.01 Å². The van der Waals surface area contributed by atoms with Crippen molar-refractivity contribution in [3.63, 3.8) is 0 Å². The highest BCUT2D eigenvalue weighted by Gasteiger charge is 2.11. The van der Waals surface area contributed by atoms with Crippen molar-refractivity contribution in [1.82, 2.24) is 9.88 Å². The molecule has 1 N–H and O–H groups in total. The molecule has 1 aromatic heterocycles. The van der Waals surface area contributed by atoms with E-state index in [-0.39, 0.29) is 6.61 Å². The molecule has 0 aromatic carbocycles. The van der Waals surface area contributed by atoms with E-state index >= 15 is 0 Å². The summed E-state index contributed by atoms with van der Waals surface area (Å²) in [5.41, 5.74) is 0.935. The smallest absolute Gasteiger partial charge is 0.107 e. The second-order valence-corrected chi connectivity index (χ2v) is 4.86. The Bertz CT molecular complexity index is 291. The molecule has 1 rings (SSSR count). The summed E-state index contributed by atoms with van der Waals surface area (Å²) in [7, 11) is 0. The first-order chi connectivity index (χ1) is 7.17. The molecule has 86 valence electrons. The number of aliphatic hydroxyl groups is 1. The van der Waals surface area contributed by atoms with E-state index in [0.29, 0.717) is 18.5 Å². The lowest BCUT2D eigenvalue weighted by molar-refractivity contribution is 0.159. The van der Waals surface area contributed by atoms with Crippen LogP contribution in [-0.2, 0) is 12.4 Å². The quantitative estimate of drug-likeness (QED) is 0.784. The van der Waals surface area contributed by atoms with Crippen LogP contribution in [0.5, 0.6) is 0 Å². The van der Waals surface area contributed by atoms with E-state index < -0.39 is 0 Å². The summed E-state index contributed by atoms with van der Waals surface area (Å²) in [4.78, 5) is 6.59. The van der Waals surface area contributed by atoms with Gasteiger partial charge in [-0.05, 0) is 13.8 Å². The summed E-state index contributed by atoms with van der Waals surface area (Å²) in [6.45, 7) is 5.90. The highest BCUT2D eigenvalue weighted by molar-refractivity contribution is 7.09. The molecular formula is C10H17ClN2OS. The molecule has 0 spiro atoms. The minimum atomic E-state index is 0.186. The number of alkyl halides is 1. The molecule has 0 amide bonds. The Kier molecular flexibility index (Phi) is 5.53. The fourth-order valence-electron chi connectivity index (χ4n) is 1.30. The predicted molar refractivity (Wildman–Crippen MR) is 64.3 cm³/mol. The topological polar surface area (TPSA) is 36.4 Å². The fourth-order valence-corrected chi connectivity index (χ4v) is 2.35. The molecular weight excluding hydrogens is 232 g/mol. The molecule has 0 radical (unpaired) electrons. The molecule has 0 saturated carbocycles. The number of halogens is 1. The van der Waals surface area contributed by atoms with Crippen LogP contribution in [0.25, 0.3) is 0 Å². The van der Waals surface area contributed by atoms with Gasteiger partial charge in [-0.1, -0.05) is 0 Å². The molecule has 0 unspecified atom stereocenters. The van der Waals surface area contributed by atoms with Crippen molar-refractivity contribution in [3.8, 4) is 0 Å². The van der Waals surface area contributed by atoms with Gasteiger partial charge in [-0.25, -0.2) is 4.98 Å². The van der Waals surface area contributed by atoms with Crippen LogP contribution >= 0.6 is 22.9 Å². The van der Waals surface area contributed by atoms with Gasteiger partial charge in [-0.3, -0.25) is 4.90 Å². The summed E-state index contributed by atoms with van der Waals surface area (Å²) in [6, 6.07) is 0.417. The third kappa shape index (κ3) is 4.07. The van der Waals surface area contributed by atoms with E-state index in [1.54, 1.807) is 11.3 Å². The lowest BCUT2D eigenvalue weighted by Gasteiger charge is -2.24. The predicted octanol–water partition coefficient (Wildman–Crippen LogP) is 2.08. The van der Waals surface area contributed by atoms with Crippen molar-refractivity contribution in [3.05, 3.63) is 16.1 Å². The minimum Gasteiger partial charge on any atom is -0.395 e. The van der Waals surface area contributed by atoms with Crippen molar-refractivity contribution in [2.75, 3.05) is 13.2 Å². The maximum absolute atomic E-state index is 8.94. The average Bonchev–Trinajstić information content (AvgIpc) is 2.65. The Balaban J connectivity index is 2.57. The van der Waals surface area contributed by atoms with Gasteiger partial charge >= 0.3 is 0 Å². The number of hydrogen-bond donors (Lipinski definition) is 1. The number of aromatic nitrogens is 1. The van der Waals surface area contributed by atoms with Crippen LogP contribution in [-0.4, -0.2) is 34.2 Å². The lowest BCUT2D eigenvalue weighted by atomic mass is 10.3. The number of aliphatic hydroxyl groups excluding tert-OH is 1. The van der Waals surface area contributed by atoms with Crippen LogP contribution in [0.3, 0.4) is 0 Å². The van der Waals surface area contributed by atoms with Crippen molar-refractivity contribution in [2.45, 2.75) is 32.3 Å². The van der Waals surface area contributed by atoms with Gasteiger partial charge in [0, 0.05) is 18.0 Å². The van der Waals surface area contributed by atoms with Crippen LogP contribution in [0.2, 0.25) is 0 Å². The highest BCUT2D eigenvalue weighted by Crippen LogP contribution is 2.14. The second-order valence-electron chi connectivity index (χ2n) is 3.65. The van der Waals surface area contributed by atoms with Crippen LogP contribution in [0.1, 0.15) is 24.5 Å². The number of rotatable bonds is 6. The first-order valence-electron chi connectivity index (χ1n) is 5.01. The van der Waals surface area contributed by atoms with Gasteiger partial charge in [0.25, 0.3) is 0 Å². The Labute approximate surface area is 99.7 Å². The molecule has 0 fully saturated rings. The highest BCUT2D eigenvalue weighted by atomic mass is 35.5. The second kappa shape index (κ2) is 6.43. The van der Waals surface area contributed by atoms with Gasteiger partial charge < -0.3 is 5.11 Å². The molecule has 1 aromatic rings. The standard InChI is InChI=1S/C10H17ClN2OS/c1-8(2)13(3-4-14)6-10-12-9(5-11)7-15-10/h7-8,14H,3-6H2,1-2H3. The summed E-state index contributed by atoms with van der Waals surface area (Å²) < 4.78 is 0. The maximum Gasteiger partial charge on any atom is 0.107 e. The lowest BCUT2D eigenvalue weighted by Crippen LogP contribution is -2.32. The van der Waals surface area contributed by atoms with Crippen molar-refractivity contribution in [1.29, 1.82) is 0 Å². The Morgan fingerprint density at radius 3 is 2.80 bits per heavy atom. The molecule has 0 saturated heterocycles. The first kappa shape index (κ1) is 12.9. The molecule has 15 heavy (non-hydrogen) atoms. The van der Waals surface area contributed by atoms with Gasteiger partial charge in [0.2, 0.25) is 0 Å². The Hall–Kier alpha value is -0.160. The zero-order chi connectivity index (χ0) is 11.3. The Morgan fingerprint density at radius 1 is 1.60 bits per heavy atom. The van der Waals surface area contributed by atoms with Crippen molar-refractivity contribution in [2.24, 2.45) is 0 Å². The van der Waals surface area contributed by atoms with Crippen LogP contribution in [0.15, 0.2) is 5.38 Å². The largest absolute Gasteiger partial charge is 0.395 e. The third-order valence-corrected chi connectivity index (χ3v) is 3.35. The van der Waals surface area contributed by atoms with E-state index in [1.165, 1.54) is 0 Å². The van der Waals surface area contributed by atoms with E-state index in [2.05, 4.69) is 23.7 Å². The van der Waals surface area contributed by atoms with Gasteiger partial charge in [-0.2, -0.15) is 0 Å². The van der Waals surface area contributed by atoms with Crippen LogP contribution < -0.4 is 0 Å². The fraction of sp³-hybridized carbons (Fsp3) is 0.700. The molecule has 0 atom stereocenters. The third-order valence-electron chi connectivity index (χ3n) is 2.19. The maximum atomic E-state index is 8.94. The zero-order valence-corrected chi connectivity index (χ0v) is 10.7. The molecule has 3 nitrogen and oxygen atoms in total. The zero-order valence-electron chi connectivity index (χ0n) is 9.11. The van der Waals surface area contributed by atoms with E-state index in [4.69, 9.17) is 16.7 Å². The first-order valence-corrected chi connectivity index (χ1v) is 6.43. The van der Waals surface area contributed by atoms with E-state index in [1.807, 2.05) is 5.38 Å². The van der Waals surface area contributed by atoms with Crippen LogP contribution in [0.4, 0.5) is 0 Å². The molecule has 0 aliphatic rings. The van der Waals surface area contributed by atoms with Crippen molar-refractivity contribution < 1.29 is 5.11 Å². The number of thiazole rings is 1. The molecule has 1 heterocycles. The molecule has 5 heteroatoms. The molecule has 0 aliphatic heterocycles. The van der Waals surface area contributed by atoms with Gasteiger partial charge in [0.15, 0.2) is 0 Å². The monoisotopic (exact) mass is 248 g/mol. The van der Waals surface area contributed by atoms with Crippen LogP contribution in [0, 0.1) is 0 Å². The minimum absolute atomic E-state index is 0.186. The van der Waals surface area contributed by atoms with Crippen molar-refractivity contribution >= 4 is 22.9 Å². The number of hydrogen-bond acceptors (Lipinski definition) is 4. The summed E-state index contributed by atoms with van der Waals surface area (Å²) in [5, 5.41) is 12.0. The van der Waals surface area contributed by atoms with Gasteiger partial charge in [-0.15, -0.1) is 22.9 Å². The molecule has 0 aliphatic carbocycles. The van der Waals surface area contributed by atoms with E-state index in [9.17, 15) is 0 Å².